The number of hydrogen-bond acceptors (Lipinski definition) is 4. The van der Waals surface area contributed by atoms with Crippen molar-refractivity contribution in [3.63, 3.8) is 0 Å². The number of hydrogen-bond donors (Lipinski definition) is 2. The third-order valence-electron chi connectivity index (χ3n) is 4.85. The van der Waals surface area contributed by atoms with Crippen molar-refractivity contribution in [3.05, 3.63) is 58.9 Å². The maximum absolute atomic E-state index is 14.0. The lowest BCUT2D eigenvalue weighted by Crippen LogP contribution is -2.50. The SMILES string of the molecule is CCOc1ccc([C@@H]2CCNC[C@@H]2NS(=O)(=O)c2c(F)c(F)c(F)c(F)c2F)cc1. The topological polar surface area (TPSA) is 67.4 Å². The zero-order valence-corrected chi connectivity index (χ0v) is 16.6. The fourth-order valence-corrected chi connectivity index (χ4v) is 4.85. The minimum Gasteiger partial charge on any atom is -0.494 e. The molecule has 11 heteroatoms. The van der Waals surface area contributed by atoms with Crippen LogP contribution in [0.3, 0.4) is 0 Å². The second kappa shape index (κ2) is 8.86. The summed E-state index contributed by atoms with van der Waals surface area (Å²) in [6, 6.07) is 6.01. The molecule has 0 radical (unpaired) electrons. The van der Waals surface area contributed by atoms with Gasteiger partial charge in [0.25, 0.3) is 0 Å². The van der Waals surface area contributed by atoms with Crippen LogP contribution in [0, 0.1) is 29.1 Å². The summed E-state index contributed by atoms with van der Waals surface area (Å²) < 4.78 is 101. The highest BCUT2D eigenvalue weighted by molar-refractivity contribution is 7.89. The van der Waals surface area contributed by atoms with Crippen molar-refractivity contribution >= 4 is 10.0 Å². The number of nitrogens with one attached hydrogen (secondary N) is 2. The van der Waals surface area contributed by atoms with Gasteiger partial charge in [0.05, 0.1) is 6.61 Å². The Morgan fingerprint density at radius 2 is 1.57 bits per heavy atom. The third-order valence-corrected chi connectivity index (χ3v) is 6.36. The van der Waals surface area contributed by atoms with Gasteiger partial charge in [-0.2, -0.15) is 0 Å². The van der Waals surface area contributed by atoms with E-state index in [0.717, 1.165) is 5.56 Å². The Labute approximate surface area is 170 Å². The molecule has 0 aliphatic carbocycles. The van der Waals surface area contributed by atoms with Gasteiger partial charge in [-0.3, -0.25) is 0 Å². The summed E-state index contributed by atoms with van der Waals surface area (Å²) in [5.74, 6) is -11.6. The van der Waals surface area contributed by atoms with E-state index in [1.54, 1.807) is 24.3 Å². The summed E-state index contributed by atoms with van der Waals surface area (Å²) in [5, 5.41) is 2.95. The van der Waals surface area contributed by atoms with Crippen LogP contribution < -0.4 is 14.8 Å². The Balaban J connectivity index is 1.93. The molecule has 0 spiro atoms. The van der Waals surface area contributed by atoms with Gasteiger partial charge in [-0.15, -0.1) is 0 Å². The molecule has 1 fully saturated rings. The molecule has 2 aromatic rings. The Morgan fingerprint density at radius 3 is 2.13 bits per heavy atom. The van der Waals surface area contributed by atoms with Crippen LogP contribution >= 0.6 is 0 Å². The lowest BCUT2D eigenvalue weighted by molar-refractivity contribution is 0.339. The molecule has 0 amide bonds. The van der Waals surface area contributed by atoms with Crippen LogP contribution in [0.1, 0.15) is 24.8 Å². The minimum absolute atomic E-state index is 0.104. The highest BCUT2D eigenvalue weighted by atomic mass is 32.2. The predicted octanol–water partition coefficient (Wildman–Crippen LogP) is 3.20. The van der Waals surface area contributed by atoms with Gasteiger partial charge >= 0.3 is 0 Å². The molecule has 5 nitrogen and oxygen atoms in total. The van der Waals surface area contributed by atoms with Crippen molar-refractivity contribution in [1.82, 2.24) is 10.0 Å². The standard InChI is InChI=1S/C19H19F5N2O3S/c1-2-29-11-5-3-10(4-6-11)12-7-8-25-9-13(12)26-30(27,28)19-17(23)15(21)14(20)16(22)18(19)24/h3-6,12-13,25-26H,2,7-9H2,1H3/t12-,13-/m0/s1. The average Bonchev–Trinajstić information content (AvgIpc) is 2.72. The second-order valence-corrected chi connectivity index (χ2v) is 8.38. The van der Waals surface area contributed by atoms with E-state index in [-0.39, 0.29) is 6.54 Å². The Hall–Kier alpha value is -2.24. The zero-order chi connectivity index (χ0) is 22.1. The van der Waals surface area contributed by atoms with E-state index in [4.69, 9.17) is 4.74 Å². The fraction of sp³-hybridized carbons (Fsp3) is 0.368. The van der Waals surface area contributed by atoms with Crippen molar-refractivity contribution in [3.8, 4) is 5.75 Å². The Bertz CT molecular complexity index is 1000. The first kappa shape index (κ1) is 22.4. The molecular formula is C19H19F5N2O3S. The molecule has 0 aromatic heterocycles. The van der Waals surface area contributed by atoms with Crippen LogP contribution in [0.15, 0.2) is 29.2 Å². The van der Waals surface area contributed by atoms with E-state index in [2.05, 4.69) is 10.0 Å². The van der Waals surface area contributed by atoms with E-state index < -0.39 is 56.0 Å². The van der Waals surface area contributed by atoms with Gasteiger partial charge < -0.3 is 10.1 Å². The van der Waals surface area contributed by atoms with Crippen LogP contribution in [0.5, 0.6) is 5.75 Å². The first-order chi connectivity index (χ1) is 14.2. The fourth-order valence-electron chi connectivity index (χ4n) is 3.44. The molecule has 0 bridgehead atoms. The predicted molar refractivity (Wildman–Crippen MR) is 98.2 cm³/mol. The number of halogens is 5. The van der Waals surface area contributed by atoms with Crippen LogP contribution in [0.25, 0.3) is 0 Å². The third kappa shape index (κ3) is 4.28. The Morgan fingerprint density at radius 1 is 1.00 bits per heavy atom. The van der Waals surface area contributed by atoms with Gasteiger partial charge in [0.1, 0.15) is 5.75 Å². The summed E-state index contributed by atoms with van der Waals surface area (Å²) in [7, 11) is -5.05. The molecule has 2 aromatic carbocycles. The number of rotatable bonds is 6. The second-order valence-electron chi connectivity index (χ2n) is 6.73. The van der Waals surface area contributed by atoms with Crippen LogP contribution in [-0.2, 0) is 10.0 Å². The largest absolute Gasteiger partial charge is 0.494 e. The molecule has 2 N–H and O–H groups in total. The maximum Gasteiger partial charge on any atom is 0.246 e. The van der Waals surface area contributed by atoms with Crippen molar-refractivity contribution in [2.75, 3.05) is 19.7 Å². The number of benzene rings is 2. The molecule has 1 aliphatic heterocycles. The van der Waals surface area contributed by atoms with E-state index in [1.807, 2.05) is 6.92 Å². The van der Waals surface area contributed by atoms with Crippen molar-refractivity contribution in [2.24, 2.45) is 0 Å². The summed E-state index contributed by atoms with van der Waals surface area (Å²) in [6.45, 7) is 2.95. The first-order valence-corrected chi connectivity index (χ1v) is 10.6. The molecule has 2 atom stereocenters. The van der Waals surface area contributed by atoms with Gasteiger partial charge in [-0.05, 0) is 37.6 Å². The summed E-state index contributed by atoms with van der Waals surface area (Å²) in [6.07, 6.45) is 0.484. The maximum atomic E-state index is 14.0. The molecular weight excluding hydrogens is 431 g/mol. The molecule has 30 heavy (non-hydrogen) atoms. The lowest BCUT2D eigenvalue weighted by atomic mass is 9.86. The summed E-state index contributed by atoms with van der Waals surface area (Å²) >= 11 is 0. The zero-order valence-electron chi connectivity index (χ0n) is 15.8. The van der Waals surface area contributed by atoms with E-state index in [0.29, 0.717) is 25.3 Å². The molecule has 1 aliphatic rings. The van der Waals surface area contributed by atoms with E-state index in [9.17, 15) is 30.4 Å². The smallest absolute Gasteiger partial charge is 0.246 e. The summed E-state index contributed by atoms with van der Waals surface area (Å²) in [4.78, 5) is -1.89. The van der Waals surface area contributed by atoms with Gasteiger partial charge in [0, 0.05) is 18.5 Å². The van der Waals surface area contributed by atoms with Gasteiger partial charge in [-0.1, -0.05) is 12.1 Å². The number of ether oxygens (including phenoxy) is 1. The van der Waals surface area contributed by atoms with Gasteiger partial charge in [-0.25, -0.2) is 35.1 Å². The monoisotopic (exact) mass is 450 g/mol. The highest BCUT2D eigenvalue weighted by Crippen LogP contribution is 2.31. The average molecular weight is 450 g/mol. The van der Waals surface area contributed by atoms with Crippen molar-refractivity contribution < 1.29 is 35.1 Å². The van der Waals surface area contributed by atoms with Crippen LogP contribution in [0.2, 0.25) is 0 Å². The normalized spacial score (nSPS) is 19.7. The van der Waals surface area contributed by atoms with Crippen LogP contribution in [-0.4, -0.2) is 34.2 Å². The van der Waals surface area contributed by atoms with E-state index in [1.165, 1.54) is 0 Å². The molecule has 164 valence electrons. The Kier molecular flexibility index (Phi) is 6.63. The highest BCUT2D eigenvalue weighted by Gasteiger charge is 2.37. The molecule has 0 saturated carbocycles. The van der Waals surface area contributed by atoms with Crippen molar-refractivity contribution in [2.45, 2.75) is 30.2 Å². The summed E-state index contributed by atoms with van der Waals surface area (Å²) in [5.41, 5.74) is 0.741. The van der Waals surface area contributed by atoms with Gasteiger partial charge in [0.15, 0.2) is 28.2 Å². The lowest BCUT2D eigenvalue weighted by Gasteiger charge is -2.33. The molecule has 1 heterocycles. The quantitative estimate of drug-likeness (QED) is 0.403. The molecule has 0 unspecified atom stereocenters. The van der Waals surface area contributed by atoms with E-state index >= 15 is 0 Å². The number of sulfonamides is 1. The van der Waals surface area contributed by atoms with Crippen molar-refractivity contribution in [1.29, 1.82) is 0 Å². The van der Waals surface area contributed by atoms with Gasteiger partial charge in [0.2, 0.25) is 15.8 Å². The molecule has 3 rings (SSSR count). The van der Waals surface area contributed by atoms with Crippen LogP contribution in [0.4, 0.5) is 22.0 Å². The number of piperidine rings is 1. The minimum atomic E-state index is -5.05. The molecule has 1 saturated heterocycles. The first-order valence-electron chi connectivity index (χ1n) is 9.14.